The van der Waals surface area contributed by atoms with Gasteiger partial charge >= 0.3 is 0 Å². The second-order valence-corrected chi connectivity index (χ2v) is 6.78. The van der Waals surface area contributed by atoms with E-state index in [-0.39, 0.29) is 0 Å². The molecule has 1 fully saturated rings. The van der Waals surface area contributed by atoms with Crippen LogP contribution in [0.1, 0.15) is 6.92 Å². The number of rotatable bonds is 7. The number of hydrogen-bond donors (Lipinski definition) is 0. The van der Waals surface area contributed by atoms with Crippen molar-refractivity contribution in [3.63, 3.8) is 0 Å². The molecule has 0 aliphatic carbocycles. The van der Waals surface area contributed by atoms with Crippen molar-refractivity contribution in [1.82, 2.24) is 25.1 Å². The molecular weight excluding hydrogens is 342 g/mol. The summed E-state index contributed by atoms with van der Waals surface area (Å²) < 4.78 is 17.9. The standard InChI is InChI=1S/C16H23N5O3S/c1-12-11-24-8-6-20(12)7-9-25-16-17-18-19-21(16)14-10-13(22-2)4-5-15(14)23-3/h4-5,10,12H,6-9,11H2,1-3H3/t12-/m0/s1. The van der Waals surface area contributed by atoms with Crippen LogP contribution in [-0.2, 0) is 4.74 Å². The fourth-order valence-electron chi connectivity index (χ4n) is 2.73. The number of hydrogen-bond acceptors (Lipinski definition) is 8. The minimum absolute atomic E-state index is 0.448. The van der Waals surface area contributed by atoms with Gasteiger partial charge in [-0.3, -0.25) is 4.90 Å². The summed E-state index contributed by atoms with van der Waals surface area (Å²) in [4.78, 5) is 2.43. The summed E-state index contributed by atoms with van der Waals surface area (Å²) in [6.07, 6.45) is 0. The third-order valence-electron chi connectivity index (χ3n) is 4.17. The van der Waals surface area contributed by atoms with Crippen LogP contribution < -0.4 is 9.47 Å². The maximum Gasteiger partial charge on any atom is 0.214 e. The molecule has 1 aliphatic heterocycles. The normalized spacial score (nSPS) is 18.3. The lowest BCUT2D eigenvalue weighted by Gasteiger charge is -2.32. The summed E-state index contributed by atoms with van der Waals surface area (Å²) in [5, 5.41) is 12.8. The van der Waals surface area contributed by atoms with E-state index in [1.807, 2.05) is 18.2 Å². The molecule has 2 aromatic rings. The van der Waals surface area contributed by atoms with E-state index >= 15 is 0 Å². The smallest absolute Gasteiger partial charge is 0.214 e. The first kappa shape index (κ1) is 18.0. The average molecular weight is 365 g/mol. The van der Waals surface area contributed by atoms with Crippen LogP contribution in [0.4, 0.5) is 0 Å². The molecule has 25 heavy (non-hydrogen) atoms. The summed E-state index contributed by atoms with van der Waals surface area (Å²) >= 11 is 1.62. The fraction of sp³-hybridized carbons (Fsp3) is 0.562. The van der Waals surface area contributed by atoms with Crippen molar-refractivity contribution in [2.24, 2.45) is 0 Å². The Morgan fingerprint density at radius 2 is 2.20 bits per heavy atom. The number of methoxy groups -OCH3 is 2. The van der Waals surface area contributed by atoms with Crippen molar-refractivity contribution in [2.75, 3.05) is 46.3 Å². The quantitative estimate of drug-likeness (QED) is 0.683. The highest BCUT2D eigenvalue weighted by Crippen LogP contribution is 2.29. The number of morpholine rings is 1. The van der Waals surface area contributed by atoms with E-state index in [0.29, 0.717) is 11.8 Å². The van der Waals surface area contributed by atoms with Crippen molar-refractivity contribution in [3.8, 4) is 17.2 Å². The molecule has 0 saturated carbocycles. The van der Waals surface area contributed by atoms with E-state index in [0.717, 1.165) is 48.6 Å². The SMILES string of the molecule is COc1ccc(OC)c(-n2nnnc2SCCN2CCOC[C@@H]2C)c1. The van der Waals surface area contributed by atoms with E-state index < -0.39 is 0 Å². The predicted molar refractivity (Wildman–Crippen MR) is 94.8 cm³/mol. The van der Waals surface area contributed by atoms with Crippen molar-refractivity contribution in [3.05, 3.63) is 18.2 Å². The molecular formula is C16H23N5O3S. The molecule has 0 N–H and O–H groups in total. The monoisotopic (exact) mass is 365 g/mol. The largest absolute Gasteiger partial charge is 0.497 e. The Hall–Kier alpha value is -1.84. The molecule has 1 aliphatic rings. The summed E-state index contributed by atoms with van der Waals surface area (Å²) in [6, 6.07) is 6.01. The van der Waals surface area contributed by atoms with Gasteiger partial charge in [-0.05, 0) is 29.5 Å². The van der Waals surface area contributed by atoms with Crippen LogP contribution >= 0.6 is 11.8 Å². The van der Waals surface area contributed by atoms with Gasteiger partial charge < -0.3 is 14.2 Å². The molecule has 1 aromatic carbocycles. The lowest BCUT2D eigenvalue weighted by atomic mass is 10.2. The van der Waals surface area contributed by atoms with Gasteiger partial charge in [0, 0.05) is 31.0 Å². The van der Waals surface area contributed by atoms with Crippen LogP contribution in [0.5, 0.6) is 11.5 Å². The number of aromatic nitrogens is 4. The average Bonchev–Trinajstić information content (AvgIpc) is 3.11. The number of ether oxygens (including phenoxy) is 3. The van der Waals surface area contributed by atoms with Gasteiger partial charge in [0.15, 0.2) is 0 Å². The van der Waals surface area contributed by atoms with Crippen molar-refractivity contribution in [1.29, 1.82) is 0 Å². The predicted octanol–water partition coefficient (Wildman–Crippen LogP) is 1.49. The minimum Gasteiger partial charge on any atom is -0.497 e. The van der Waals surface area contributed by atoms with Crippen molar-refractivity contribution >= 4 is 11.8 Å². The Bertz CT molecular complexity index is 696. The van der Waals surface area contributed by atoms with Gasteiger partial charge in [-0.15, -0.1) is 5.10 Å². The van der Waals surface area contributed by atoms with E-state index in [2.05, 4.69) is 27.3 Å². The Morgan fingerprint density at radius 1 is 1.32 bits per heavy atom. The summed E-state index contributed by atoms with van der Waals surface area (Å²) in [5.41, 5.74) is 0.758. The lowest BCUT2D eigenvalue weighted by Crippen LogP contribution is -2.44. The molecule has 0 spiro atoms. The van der Waals surface area contributed by atoms with Crippen LogP contribution in [0.25, 0.3) is 5.69 Å². The number of thioether (sulfide) groups is 1. The third-order valence-corrected chi connectivity index (χ3v) is 5.07. The maximum atomic E-state index is 5.48. The molecule has 136 valence electrons. The van der Waals surface area contributed by atoms with Gasteiger partial charge in [-0.1, -0.05) is 11.8 Å². The molecule has 0 unspecified atom stereocenters. The summed E-state index contributed by atoms with van der Waals surface area (Å²) in [6.45, 7) is 5.72. The van der Waals surface area contributed by atoms with Crippen LogP contribution in [0.15, 0.2) is 23.4 Å². The first-order chi connectivity index (χ1) is 12.2. The van der Waals surface area contributed by atoms with E-state index in [9.17, 15) is 0 Å². The molecule has 8 nitrogen and oxygen atoms in total. The van der Waals surface area contributed by atoms with E-state index in [1.165, 1.54) is 0 Å². The maximum absolute atomic E-state index is 5.48. The number of tetrazole rings is 1. The number of nitrogens with zero attached hydrogens (tertiary/aromatic N) is 5. The Labute approximate surface area is 151 Å². The fourth-order valence-corrected chi connectivity index (χ4v) is 3.59. The highest BCUT2D eigenvalue weighted by Gasteiger charge is 2.19. The van der Waals surface area contributed by atoms with Crippen LogP contribution in [0.3, 0.4) is 0 Å². The highest BCUT2D eigenvalue weighted by atomic mass is 32.2. The molecule has 2 heterocycles. The highest BCUT2D eigenvalue weighted by molar-refractivity contribution is 7.99. The zero-order chi connectivity index (χ0) is 17.6. The molecule has 0 radical (unpaired) electrons. The first-order valence-electron chi connectivity index (χ1n) is 8.18. The zero-order valence-electron chi connectivity index (χ0n) is 14.7. The van der Waals surface area contributed by atoms with Crippen molar-refractivity contribution in [2.45, 2.75) is 18.1 Å². The van der Waals surface area contributed by atoms with Gasteiger partial charge in [0.1, 0.15) is 17.2 Å². The molecule has 1 atom stereocenters. The summed E-state index contributed by atoms with van der Waals surface area (Å²) in [5.74, 6) is 2.32. The van der Waals surface area contributed by atoms with Crippen LogP contribution in [-0.4, -0.2) is 77.4 Å². The van der Waals surface area contributed by atoms with E-state index in [4.69, 9.17) is 14.2 Å². The number of benzene rings is 1. The first-order valence-corrected chi connectivity index (χ1v) is 9.17. The third kappa shape index (κ3) is 4.23. The van der Waals surface area contributed by atoms with Crippen LogP contribution in [0, 0.1) is 0 Å². The zero-order valence-corrected chi connectivity index (χ0v) is 15.5. The van der Waals surface area contributed by atoms with Crippen LogP contribution in [0.2, 0.25) is 0 Å². The lowest BCUT2D eigenvalue weighted by molar-refractivity contribution is 0.00298. The molecule has 9 heteroatoms. The summed E-state index contributed by atoms with van der Waals surface area (Å²) in [7, 11) is 3.26. The Kier molecular flexibility index (Phi) is 6.11. The Morgan fingerprint density at radius 3 is 2.96 bits per heavy atom. The van der Waals surface area contributed by atoms with Gasteiger partial charge in [-0.2, -0.15) is 4.68 Å². The van der Waals surface area contributed by atoms with E-state index in [1.54, 1.807) is 30.7 Å². The molecule has 1 aromatic heterocycles. The van der Waals surface area contributed by atoms with Crippen molar-refractivity contribution < 1.29 is 14.2 Å². The molecule has 0 amide bonds. The second kappa shape index (κ2) is 8.50. The Balaban J connectivity index is 1.70. The second-order valence-electron chi connectivity index (χ2n) is 5.72. The van der Waals surface area contributed by atoms with Gasteiger partial charge in [0.2, 0.25) is 5.16 Å². The molecule has 3 rings (SSSR count). The van der Waals surface area contributed by atoms with Gasteiger partial charge in [0.05, 0.1) is 27.4 Å². The van der Waals surface area contributed by atoms with Gasteiger partial charge in [0.25, 0.3) is 0 Å². The van der Waals surface area contributed by atoms with Gasteiger partial charge in [-0.25, -0.2) is 0 Å². The minimum atomic E-state index is 0.448. The molecule has 1 saturated heterocycles. The topological polar surface area (TPSA) is 74.5 Å². The molecule has 0 bridgehead atoms.